The number of nitrogens with zero attached hydrogens (tertiary/aromatic N) is 2. The lowest BCUT2D eigenvalue weighted by Gasteiger charge is -2.22. The van der Waals surface area contributed by atoms with Crippen molar-refractivity contribution in [3.05, 3.63) is 12.0 Å². The standard InChI is InChI=1S/C11H20FN5O/c1-11(2,3)4-7(18)5-14-9-8(12)6-15-10(16-9)17-13/h6-7,18H,4-5,13H2,1-3H3,(H2,14,15,16,17). The Morgan fingerprint density at radius 1 is 1.50 bits per heavy atom. The van der Waals surface area contributed by atoms with E-state index < -0.39 is 11.9 Å². The molecule has 1 atom stereocenters. The molecule has 5 N–H and O–H groups in total. The average Bonchev–Trinajstić information content (AvgIpc) is 2.25. The minimum absolute atomic E-state index is 0.00921. The highest BCUT2D eigenvalue weighted by molar-refractivity contribution is 5.40. The van der Waals surface area contributed by atoms with Gasteiger partial charge in [0, 0.05) is 6.54 Å². The number of hydrazine groups is 1. The van der Waals surface area contributed by atoms with Gasteiger partial charge in [-0.1, -0.05) is 20.8 Å². The fourth-order valence-electron chi connectivity index (χ4n) is 1.55. The summed E-state index contributed by atoms with van der Waals surface area (Å²) in [6.45, 7) is 6.29. The number of rotatable bonds is 5. The summed E-state index contributed by atoms with van der Waals surface area (Å²) in [5.41, 5.74) is 2.24. The zero-order valence-corrected chi connectivity index (χ0v) is 10.9. The van der Waals surface area contributed by atoms with E-state index in [1.807, 2.05) is 20.8 Å². The van der Waals surface area contributed by atoms with Gasteiger partial charge in [0.05, 0.1) is 12.3 Å². The van der Waals surface area contributed by atoms with Crippen LogP contribution >= 0.6 is 0 Å². The molecule has 0 aromatic carbocycles. The van der Waals surface area contributed by atoms with Gasteiger partial charge in [-0.05, 0) is 11.8 Å². The normalized spacial score (nSPS) is 13.2. The van der Waals surface area contributed by atoms with Gasteiger partial charge < -0.3 is 10.4 Å². The Morgan fingerprint density at radius 3 is 2.72 bits per heavy atom. The third-order valence-electron chi connectivity index (χ3n) is 2.23. The molecule has 0 bridgehead atoms. The first-order chi connectivity index (χ1) is 8.31. The highest BCUT2D eigenvalue weighted by Gasteiger charge is 2.17. The van der Waals surface area contributed by atoms with Crippen molar-refractivity contribution in [2.24, 2.45) is 11.3 Å². The van der Waals surface area contributed by atoms with Crippen LogP contribution in [0.25, 0.3) is 0 Å². The Labute approximate surface area is 106 Å². The number of aromatic nitrogens is 2. The predicted octanol–water partition coefficient (Wildman–Crippen LogP) is 1.11. The SMILES string of the molecule is CC(C)(C)CC(O)CNc1nc(NN)ncc1F. The molecular formula is C11H20FN5O. The number of halogens is 1. The van der Waals surface area contributed by atoms with Gasteiger partial charge in [0.25, 0.3) is 0 Å². The second-order valence-electron chi connectivity index (χ2n) is 5.33. The van der Waals surface area contributed by atoms with Crippen LogP contribution in [0.5, 0.6) is 0 Å². The van der Waals surface area contributed by atoms with E-state index in [4.69, 9.17) is 5.84 Å². The number of hydrogen-bond acceptors (Lipinski definition) is 6. The van der Waals surface area contributed by atoms with Gasteiger partial charge in [-0.3, -0.25) is 5.43 Å². The number of anilines is 2. The summed E-state index contributed by atoms with van der Waals surface area (Å²) >= 11 is 0. The minimum atomic E-state index is -0.586. The highest BCUT2D eigenvalue weighted by Crippen LogP contribution is 2.21. The maximum atomic E-state index is 13.4. The van der Waals surface area contributed by atoms with Crippen LogP contribution in [0.15, 0.2) is 6.20 Å². The van der Waals surface area contributed by atoms with Gasteiger partial charge >= 0.3 is 0 Å². The predicted molar refractivity (Wildman–Crippen MR) is 68.4 cm³/mol. The van der Waals surface area contributed by atoms with E-state index in [1.54, 1.807) is 0 Å². The Hall–Kier alpha value is -1.47. The molecule has 0 aliphatic heterocycles. The summed E-state index contributed by atoms with van der Waals surface area (Å²) in [6.07, 6.45) is 1.05. The lowest BCUT2D eigenvalue weighted by molar-refractivity contribution is 0.132. The Bertz CT molecular complexity index is 394. The summed E-state index contributed by atoms with van der Waals surface area (Å²) in [5, 5.41) is 12.5. The molecule has 0 spiro atoms. The summed E-state index contributed by atoms with van der Waals surface area (Å²) in [6, 6.07) is 0. The smallest absolute Gasteiger partial charge is 0.239 e. The first-order valence-electron chi connectivity index (χ1n) is 5.73. The Kier molecular flexibility index (Phi) is 4.80. The molecule has 1 unspecified atom stereocenters. The van der Waals surface area contributed by atoms with Crippen molar-refractivity contribution in [1.82, 2.24) is 9.97 Å². The number of hydrogen-bond donors (Lipinski definition) is 4. The summed E-state index contributed by atoms with van der Waals surface area (Å²) in [4.78, 5) is 7.43. The maximum absolute atomic E-state index is 13.4. The molecule has 1 aromatic rings. The topological polar surface area (TPSA) is 96.1 Å². The molecule has 1 heterocycles. The highest BCUT2D eigenvalue weighted by atomic mass is 19.1. The molecule has 0 amide bonds. The van der Waals surface area contributed by atoms with Crippen LogP contribution in [0.2, 0.25) is 0 Å². The summed E-state index contributed by atoms with van der Waals surface area (Å²) in [5.74, 6) is 4.68. The minimum Gasteiger partial charge on any atom is -0.391 e. The summed E-state index contributed by atoms with van der Waals surface area (Å²) in [7, 11) is 0. The average molecular weight is 257 g/mol. The zero-order chi connectivity index (χ0) is 13.8. The van der Waals surface area contributed by atoms with Gasteiger partial charge in [-0.25, -0.2) is 15.2 Å². The number of aliphatic hydroxyl groups is 1. The van der Waals surface area contributed by atoms with Crippen molar-refractivity contribution in [2.45, 2.75) is 33.3 Å². The third kappa shape index (κ3) is 4.80. The molecule has 0 aliphatic carbocycles. The van der Waals surface area contributed by atoms with Crippen LogP contribution in [0.4, 0.5) is 16.2 Å². The molecule has 0 saturated carbocycles. The van der Waals surface area contributed by atoms with Crippen molar-refractivity contribution >= 4 is 11.8 Å². The van der Waals surface area contributed by atoms with Crippen LogP contribution < -0.4 is 16.6 Å². The van der Waals surface area contributed by atoms with Crippen LogP contribution in [-0.2, 0) is 0 Å². The van der Waals surface area contributed by atoms with E-state index >= 15 is 0 Å². The number of nitrogens with one attached hydrogen (secondary N) is 2. The van der Waals surface area contributed by atoms with Crippen molar-refractivity contribution < 1.29 is 9.50 Å². The van der Waals surface area contributed by atoms with E-state index in [0.29, 0.717) is 6.42 Å². The van der Waals surface area contributed by atoms with E-state index in [-0.39, 0.29) is 23.7 Å². The van der Waals surface area contributed by atoms with Crippen LogP contribution in [-0.4, -0.2) is 27.7 Å². The van der Waals surface area contributed by atoms with Gasteiger partial charge in [0.2, 0.25) is 5.95 Å². The molecule has 0 fully saturated rings. The molecule has 7 heteroatoms. The van der Waals surface area contributed by atoms with Crippen molar-refractivity contribution in [3.8, 4) is 0 Å². The fraction of sp³-hybridized carbons (Fsp3) is 0.636. The van der Waals surface area contributed by atoms with E-state index in [9.17, 15) is 9.50 Å². The molecule has 6 nitrogen and oxygen atoms in total. The second kappa shape index (κ2) is 5.92. The molecule has 0 radical (unpaired) electrons. The Morgan fingerprint density at radius 2 is 2.17 bits per heavy atom. The molecule has 18 heavy (non-hydrogen) atoms. The van der Waals surface area contributed by atoms with Crippen molar-refractivity contribution in [1.29, 1.82) is 0 Å². The first-order valence-corrected chi connectivity index (χ1v) is 5.73. The lowest BCUT2D eigenvalue weighted by Crippen LogP contribution is -2.26. The maximum Gasteiger partial charge on any atom is 0.239 e. The molecule has 1 aromatic heterocycles. The lowest BCUT2D eigenvalue weighted by atomic mass is 9.89. The van der Waals surface area contributed by atoms with Crippen LogP contribution in [0.3, 0.4) is 0 Å². The number of nitrogen functional groups attached to an aromatic ring is 1. The number of aliphatic hydroxyl groups excluding tert-OH is 1. The largest absolute Gasteiger partial charge is 0.391 e. The Balaban J connectivity index is 2.57. The van der Waals surface area contributed by atoms with Gasteiger partial charge in [0.15, 0.2) is 11.6 Å². The van der Waals surface area contributed by atoms with Crippen LogP contribution in [0, 0.1) is 11.2 Å². The first kappa shape index (κ1) is 14.6. The van der Waals surface area contributed by atoms with Crippen LogP contribution in [0.1, 0.15) is 27.2 Å². The van der Waals surface area contributed by atoms with E-state index in [0.717, 1.165) is 6.20 Å². The monoisotopic (exact) mass is 257 g/mol. The summed E-state index contributed by atoms with van der Waals surface area (Å²) < 4.78 is 13.4. The number of nitrogens with two attached hydrogens (primary N) is 1. The van der Waals surface area contributed by atoms with Crippen molar-refractivity contribution in [3.63, 3.8) is 0 Å². The molecule has 0 aliphatic rings. The molecule has 0 saturated heterocycles. The van der Waals surface area contributed by atoms with Gasteiger partial charge in [-0.2, -0.15) is 4.98 Å². The quantitative estimate of drug-likeness (QED) is 0.466. The van der Waals surface area contributed by atoms with Gasteiger partial charge in [-0.15, -0.1) is 0 Å². The molecule has 1 rings (SSSR count). The second-order valence-corrected chi connectivity index (χ2v) is 5.33. The molecular weight excluding hydrogens is 237 g/mol. The third-order valence-corrected chi connectivity index (χ3v) is 2.23. The van der Waals surface area contributed by atoms with E-state index in [1.165, 1.54) is 0 Å². The fourth-order valence-corrected chi connectivity index (χ4v) is 1.55. The van der Waals surface area contributed by atoms with Crippen molar-refractivity contribution in [2.75, 3.05) is 17.3 Å². The van der Waals surface area contributed by atoms with Gasteiger partial charge in [0.1, 0.15) is 0 Å². The molecule has 102 valence electrons. The van der Waals surface area contributed by atoms with E-state index in [2.05, 4.69) is 20.7 Å². The zero-order valence-electron chi connectivity index (χ0n) is 10.9.